The van der Waals surface area contributed by atoms with Crippen LogP contribution in [0.25, 0.3) is 0 Å². The summed E-state index contributed by atoms with van der Waals surface area (Å²) >= 11 is 0. The van der Waals surface area contributed by atoms with Gasteiger partial charge in [-0.25, -0.2) is 0 Å². The van der Waals surface area contributed by atoms with E-state index in [1.165, 1.54) is 7.11 Å². The lowest BCUT2D eigenvalue weighted by Crippen LogP contribution is -2.15. The molecule has 0 spiro atoms. The molecule has 108 valence electrons. The van der Waals surface area contributed by atoms with Crippen LogP contribution in [0.1, 0.15) is 34.7 Å². The Labute approximate surface area is 124 Å². The van der Waals surface area contributed by atoms with Crippen molar-refractivity contribution >= 4 is 11.8 Å². The summed E-state index contributed by atoms with van der Waals surface area (Å²) in [7, 11) is 1.36. The second kappa shape index (κ2) is 7.39. The highest BCUT2D eigenvalue weighted by Gasteiger charge is 2.22. The van der Waals surface area contributed by atoms with Crippen molar-refractivity contribution in [3.63, 3.8) is 0 Å². The summed E-state index contributed by atoms with van der Waals surface area (Å²) in [5.74, 6) is -0.588. The molecule has 0 aliphatic heterocycles. The Hall–Kier alpha value is -2.42. The predicted octanol–water partition coefficient (Wildman–Crippen LogP) is 3.61. The molecule has 0 bridgehead atoms. The maximum atomic E-state index is 12.7. The first-order valence-corrected chi connectivity index (χ1v) is 6.93. The number of carbonyl (C=O) groups excluding carboxylic acids is 2. The maximum Gasteiger partial charge on any atom is 0.305 e. The molecule has 2 rings (SSSR count). The van der Waals surface area contributed by atoms with Gasteiger partial charge in [-0.1, -0.05) is 60.7 Å². The van der Waals surface area contributed by atoms with Crippen LogP contribution >= 0.6 is 0 Å². The molecule has 0 amide bonds. The third-order valence-electron chi connectivity index (χ3n) is 3.44. The van der Waals surface area contributed by atoms with E-state index in [0.717, 1.165) is 5.56 Å². The van der Waals surface area contributed by atoms with Crippen LogP contribution in [0.15, 0.2) is 60.7 Å². The molecule has 2 aromatic rings. The Morgan fingerprint density at radius 3 is 2.10 bits per heavy atom. The van der Waals surface area contributed by atoms with Crippen molar-refractivity contribution in [2.45, 2.75) is 18.8 Å². The van der Waals surface area contributed by atoms with E-state index in [9.17, 15) is 9.59 Å². The third kappa shape index (κ3) is 4.02. The number of esters is 1. The van der Waals surface area contributed by atoms with Gasteiger partial charge in [0.1, 0.15) is 0 Å². The summed E-state index contributed by atoms with van der Waals surface area (Å²) in [6.07, 6.45) is 0.680. The van der Waals surface area contributed by atoms with Crippen molar-refractivity contribution in [1.29, 1.82) is 0 Å². The van der Waals surface area contributed by atoms with Crippen molar-refractivity contribution in [3.05, 3.63) is 71.8 Å². The number of methoxy groups -OCH3 is 1. The van der Waals surface area contributed by atoms with E-state index in [1.807, 2.05) is 48.5 Å². The van der Waals surface area contributed by atoms with Gasteiger partial charge in [0, 0.05) is 17.9 Å². The first kappa shape index (κ1) is 15.0. The molecule has 1 atom stereocenters. The molecular formula is C18H18O3. The zero-order valence-electron chi connectivity index (χ0n) is 12.0. The number of hydrogen-bond donors (Lipinski definition) is 0. The fourth-order valence-electron chi connectivity index (χ4n) is 2.30. The lowest BCUT2D eigenvalue weighted by atomic mass is 9.87. The van der Waals surface area contributed by atoms with Crippen molar-refractivity contribution in [2.75, 3.05) is 7.11 Å². The van der Waals surface area contributed by atoms with Gasteiger partial charge in [0.15, 0.2) is 5.78 Å². The van der Waals surface area contributed by atoms with Gasteiger partial charge in [-0.15, -0.1) is 0 Å². The molecule has 0 saturated carbocycles. The lowest BCUT2D eigenvalue weighted by Gasteiger charge is -2.16. The molecule has 3 heteroatoms. The number of carbonyl (C=O) groups is 2. The molecule has 0 aromatic heterocycles. The molecular weight excluding hydrogens is 264 g/mol. The van der Waals surface area contributed by atoms with Gasteiger partial charge < -0.3 is 4.74 Å². The number of rotatable bonds is 6. The van der Waals surface area contributed by atoms with Crippen LogP contribution in [-0.4, -0.2) is 18.9 Å². The molecule has 0 fully saturated rings. The van der Waals surface area contributed by atoms with E-state index >= 15 is 0 Å². The van der Waals surface area contributed by atoms with E-state index in [0.29, 0.717) is 12.0 Å². The second-order valence-corrected chi connectivity index (χ2v) is 4.81. The van der Waals surface area contributed by atoms with Crippen molar-refractivity contribution in [1.82, 2.24) is 0 Å². The van der Waals surface area contributed by atoms with Crippen LogP contribution in [0, 0.1) is 0 Å². The number of ether oxygens (including phenoxy) is 1. The van der Waals surface area contributed by atoms with Gasteiger partial charge in [-0.05, 0) is 12.0 Å². The summed E-state index contributed by atoms with van der Waals surface area (Å²) < 4.78 is 4.67. The fourth-order valence-corrected chi connectivity index (χ4v) is 2.30. The fraction of sp³-hybridized carbons (Fsp3) is 0.222. The topological polar surface area (TPSA) is 43.4 Å². The summed E-state index contributed by atoms with van der Waals surface area (Å²) in [5, 5.41) is 0. The van der Waals surface area contributed by atoms with Crippen LogP contribution in [0.3, 0.4) is 0 Å². The molecule has 0 N–H and O–H groups in total. The maximum absolute atomic E-state index is 12.7. The second-order valence-electron chi connectivity index (χ2n) is 4.81. The minimum Gasteiger partial charge on any atom is -0.469 e. The van der Waals surface area contributed by atoms with Crippen LogP contribution in [0.5, 0.6) is 0 Å². The minimum atomic E-state index is -0.326. The van der Waals surface area contributed by atoms with E-state index in [4.69, 9.17) is 0 Å². The van der Waals surface area contributed by atoms with Crippen LogP contribution in [0.2, 0.25) is 0 Å². The van der Waals surface area contributed by atoms with Crippen molar-refractivity contribution in [2.24, 2.45) is 0 Å². The molecule has 2 aromatic carbocycles. The Bertz CT molecular complexity index is 590. The SMILES string of the molecule is COC(=O)CCC(C(=O)c1ccccc1)c1ccccc1. The molecule has 21 heavy (non-hydrogen) atoms. The van der Waals surface area contributed by atoms with Gasteiger partial charge in [0.25, 0.3) is 0 Å². The number of benzene rings is 2. The minimum absolute atomic E-state index is 0.0331. The Balaban J connectivity index is 2.23. The summed E-state index contributed by atoms with van der Waals surface area (Å²) in [5.41, 5.74) is 1.59. The standard InChI is InChI=1S/C18H18O3/c1-21-17(19)13-12-16(14-8-4-2-5-9-14)18(20)15-10-6-3-7-11-15/h2-11,16H,12-13H2,1H3. The number of ketones is 1. The van der Waals surface area contributed by atoms with Gasteiger partial charge in [0.05, 0.1) is 7.11 Å². The van der Waals surface area contributed by atoms with Gasteiger partial charge >= 0.3 is 5.97 Å². The van der Waals surface area contributed by atoms with E-state index in [-0.39, 0.29) is 24.1 Å². The Kier molecular flexibility index (Phi) is 5.27. The molecule has 3 nitrogen and oxygen atoms in total. The zero-order valence-corrected chi connectivity index (χ0v) is 12.0. The van der Waals surface area contributed by atoms with Gasteiger partial charge in [-0.2, -0.15) is 0 Å². The third-order valence-corrected chi connectivity index (χ3v) is 3.44. The van der Waals surface area contributed by atoms with Gasteiger partial charge in [0.2, 0.25) is 0 Å². The molecule has 0 aliphatic rings. The number of hydrogen-bond acceptors (Lipinski definition) is 3. The average Bonchev–Trinajstić information content (AvgIpc) is 2.56. The van der Waals surface area contributed by atoms with Crippen molar-refractivity contribution < 1.29 is 14.3 Å². The van der Waals surface area contributed by atoms with E-state index in [1.54, 1.807) is 12.1 Å². The van der Waals surface area contributed by atoms with Crippen LogP contribution in [0.4, 0.5) is 0 Å². The Morgan fingerprint density at radius 1 is 0.952 bits per heavy atom. The Morgan fingerprint density at radius 2 is 1.52 bits per heavy atom. The first-order valence-electron chi connectivity index (χ1n) is 6.93. The van der Waals surface area contributed by atoms with Crippen molar-refractivity contribution in [3.8, 4) is 0 Å². The highest BCUT2D eigenvalue weighted by atomic mass is 16.5. The van der Waals surface area contributed by atoms with Crippen LogP contribution in [-0.2, 0) is 9.53 Å². The van der Waals surface area contributed by atoms with E-state index in [2.05, 4.69) is 4.74 Å². The highest BCUT2D eigenvalue weighted by molar-refractivity contribution is 6.01. The largest absolute Gasteiger partial charge is 0.469 e. The first-order chi connectivity index (χ1) is 10.2. The average molecular weight is 282 g/mol. The summed E-state index contributed by atoms with van der Waals surface area (Å²) in [4.78, 5) is 24.1. The quantitative estimate of drug-likeness (QED) is 0.600. The van der Waals surface area contributed by atoms with Gasteiger partial charge in [-0.3, -0.25) is 9.59 Å². The lowest BCUT2D eigenvalue weighted by molar-refractivity contribution is -0.140. The summed E-state index contributed by atoms with van der Waals surface area (Å²) in [6.45, 7) is 0. The molecule has 0 radical (unpaired) electrons. The zero-order chi connectivity index (χ0) is 15.1. The smallest absolute Gasteiger partial charge is 0.305 e. The molecule has 1 unspecified atom stereocenters. The molecule has 0 heterocycles. The molecule has 0 aliphatic carbocycles. The predicted molar refractivity (Wildman–Crippen MR) is 81.2 cm³/mol. The summed E-state index contributed by atoms with van der Waals surface area (Å²) in [6, 6.07) is 18.7. The normalized spacial score (nSPS) is 11.7. The van der Waals surface area contributed by atoms with E-state index < -0.39 is 0 Å². The van der Waals surface area contributed by atoms with Crippen LogP contribution < -0.4 is 0 Å². The number of Topliss-reactive ketones (excluding diaryl/α,β-unsaturated/α-hetero) is 1. The monoisotopic (exact) mass is 282 g/mol. The highest BCUT2D eigenvalue weighted by Crippen LogP contribution is 2.26. The molecule has 0 saturated heterocycles.